The van der Waals surface area contributed by atoms with Crippen molar-refractivity contribution in [2.45, 2.75) is 46.3 Å². The molecule has 0 amide bonds. The van der Waals surface area contributed by atoms with E-state index in [1.807, 2.05) is 27.7 Å². The van der Waals surface area contributed by atoms with E-state index in [0.29, 0.717) is 12.3 Å². The van der Waals surface area contributed by atoms with Gasteiger partial charge in [-0.2, -0.15) is 0 Å². The minimum absolute atomic E-state index is 0. The molecule has 0 aliphatic carbocycles. The molecule has 0 unspecified atom stereocenters. The lowest BCUT2D eigenvalue weighted by Crippen LogP contribution is -2.30. The van der Waals surface area contributed by atoms with E-state index in [1.165, 1.54) is 0 Å². The van der Waals surface area contributed by atoms with Crippen LogP contribution in [0.1, 0.15) is 34.1 Å². The molecule has 0 aromatic rings. The van der Waals surface area contributed by atoms with Gasteiger partial charge in [0.15, 0.2) is 0 Å². The molecule has 0 heterocycles. The van der Waals surface area contributed by atoms with Gasteiger partial charge in [0.25, 0.3) is 0 Å². The number of rotatable bonds is 4. The van der Waals surface area contributed by atoms with Gasteiger partial charge in [0.2, 0.25) is 0 Å². The summed E-state index contributed by atoms with van der Waals surface area (Å²) in [5.74, 6) is 0.121. The summed E-state index contributed by atoms with van der Waals surface area (Å²) < 4.78 is 4.95. The zero-order chi connectivity index (χ0) is 9.72. The summed E-state index contributed by atoms with van der Waals surface area (Å²) in [6, 6.07) is -0.0868. The minimum atomic E-state index is -0.203. The maximum Gasteiger partial charge on any atom is 0.307 e. The first-order chi connectivity index (χ1) is 5.43. The molecular formula is C9H20ClNO2. The summed E-state index contributed by atoms with van der Waals surface area (Å²) in [6.45, 7) is 7.65. The van der Waals surface area contributed by atoms with Crippen LogP contribution in [-0.2, 0) is 9.53 Å². The van der Waals surface area contributed by atoms with Crippen molar-refractivity contribution in [1.82, 2.24) is 0 Å². The Bertz CT molecular complexity index is 149. The van der Waals surface area contributed by atoms with E-state index in [0.717, 1.165) is 0 Å². The molecule has 0 fully saturated rings. The van der Waals surface area contributed by atoms with Crippen LogP contribution in [0.25, 0.3) is 0 Å². The van der Waals surface area contributed by atoms with Crippen LogP contribution in [0.4, 0.5) is 0 Å². The molecule has 0 bridgehead atoms. The average Bonchev–Trinajstić information content (AvgIpc) is 1.84. The second-order valence-corrected chi connectivity index (χ2v) is 3.65. The van der Waals surface area contributed by atoms with Gasteiger partial charge in [-0.25, -0.2) is 0 Å². The van der Waals surface area contributed by atoms with Crippen LogP contribution < -0.4 is 5.73 Å². The number of carbonyl (C=O) groups excluding carboxylic acids is 1. The molecule has 4 heteroatoms. The van der Waals surface area contributed by atoms with Gasteiger partial charge in [-0.1, -0.05) is 13.8 Å². The first kappa shape index (κ1) is 15.2. The summed E-state index contributed by atoms with van der Waals surface area (Å²) in [4.78, 5) is 11.1. The van der Waals surface area contributed by atoms with Gasteiger partial charge in [0.1, 0.15) is 0 Å². The van der Waals surface area contributed by atoms with Crippen LogP contribution in [0, 0.1) is 5.92 Å². The fourth-order valence-corrected chi connectivity index (χ4v) is 0.739. The van der Waals surface area contributed by atoms with Crippen LogP contribution >= 0.6 is 12.4 Å². The smallest absolute Gasteiger partial charge is 0.307 e. The Morgan fingerprint density at radius 3 is 2.08 bits per heavy atom. The number of esters is 1. The van der Waals surface area contributed by atoms with Crippen molar-refractivity contribution in [2.24, 2.45) is 11.7 Å². The molecule has 2 N–H and O–H groups in total. The van der Waals surface area contributed by atoms with Crippen LogP contribution in [0.2, 0.25) is 0 Å². The van der Waals surface area contributed by atoms with Gasteiger partial charge in [-0.3, -0.25) is 4.79 Å². The Hall–Kier alpha value is -0.280. The lowest BCUT2D eigenvalue weighted by molar-refractivity contribution is -0.148. The second-order valence-electron chi connectivity index (χ2n) is 3.65. The highest BCUT2D eigenvalue weighted by molar-refractivity contribution is 5.85. The van der Waals surface area contributed by atoms with Crippen LogP contribution in [0.15, 0.2) is 0 Å². The number of halogens is 1. The third-order valence-electron chi connectivity index (χ3n) is 1.63. The van der Waals surface area contributed by atoms with E-state index in [1.54, 1.807) is 0 Å². The molecule has 0 aromatic heterocycles. The average molecular weight is 210 g/mol. The summed E-state index contributed by atoms with van der Waals surface area (Å²) >= 11 is 0. The molecule has 0 aromatic carbocycles. The van der Waals surface area contributed by atoms with Gasteiger partial charge in [-0.15, -0.1) is 12.4 Å². The molecule has 0 saturated carbocycles. The Morgan fingerprint density at radius 2 is 1.77 bits per heavy atom. The van der Waals surface area contributed by atoms with E-state index in [2.05, 4.69) is 0 Å². The maximum absolute atomic E-state index is 11.1. The van der Waals surface area contributed by atoms with Crippen molar-refractivity contribution in [1.29, 1.82) is 0 Å². The van der Waals surface area contributed by atoms with Gasteiger partial charge in [0, 0.05) is 6.04 Å². The van der Waals surface area contributed by atoms with Crippen LogP contribution in [0.5, 0.6) is 0 Å². The zero-order valence-electron chi connectivity index (χ0n) is 8.74. The maximum atomic E-state index is 11.1. The van der Waals surface area contributed by atoms with Gasteiger partial charge in [0.05, 0.1) is 12.5 Å². The number of hydrogen-bond donors (Lipinski definition) is 1. The number of ether oxygens (including phenoxy) is 1. The molecule has 1 atom stereocenters. The minimum Gasteiger partial charge on any atom is -0.463 e. The highest BCUT2D eigenvalue weighted by Crippen LogP contribution is 2.04. The van der Waals surface area contributed by atoms with Gasteiger partial charge >= 0.3 is 5.97 Å². The first-order valence-corrected chi connectivity index (χ1v) is 4.38. The van der Waals surface area contributed by atoms with Crippen LogP contribution in [-0.4, -0.2) is 18.1 Å². The Morgan fingerprint density at radius 1 is 1.31 bits per heavy atom. The highest BCUT2D eigenvalue weighted by Gasteiger charge is 2.14. The molecule has 0 saturated heterocycles. The molecule has 0 rings (SSSR count). The predicted octanol–water partition coefficient (Wildman–Crippen LogP) is 1.73. The Balaban J connectivity index is 0. The topological polar surface area (TPSA) is 52.3 Å². The summed E-state index contributed by atoms with van der Waals surface area (Å²) in [7, 11) is 0. The van der Waals surface area contributed by atoms with Crippen molar-refractivity contribution < 1.29 is 9.53 Å². The molecule has 0 aliphatic heterocycles. The van der Waals surface area contributed by atoms with E-state index in [4.69, 9.17) is 10.5 Å². The van der Waals surface area contributed by atoms with Gasteiger partial charge in [-0.05, 0) is 19.8 Å². The molecule has 0 radical (unpaired) electrons. The molecule has 3 nitrogen and oxygen atoms in total. The molecular weight excluding hydrogens is 190 g/mol. The summed E-state index contributed by atoms with van der Waals surface area (Å²) in [6.07, 6.45) is 0.271. The fraction of sp³-hybridized carbons (Fsp3) is 0.889. The predicted molar refractivity (Wildman–Crippen MR) is 55.9 cm³/mol. The van der Waals surface area contributed by atoms with Crippen LogP contribution in [0.3, 0.4) is 0 Å². The molecule has 13 heavy (non-hydrogen) atoms. The van der Waals surface area contributed by atoms with Crippen molar-refractivity contribution in [2.75, 3.05) is 0 Å². The van der Waals surface area contributed by atoms with E-state index in [9.17, 15) is 4.79 Å². The quantitative estimate of drug-likeness (QED) is 0.718. The largest absolute Gasteiger partial charge is 0.463 e. The number of carbonyl (C=O) groups is 1. The van der Waals surface area contributed by atoms with Crippen molar-refractivity contribution in [3.05, 3.63) is 0 Å². The van der Waals surface area contributed by atoms with Crippen molar-refractivity contribution >= 4 is 18.4 Å². The first-order valence-electron chi connectivity index (χ1n) is 4.38. The third kappa shape index (κ3) is 8.06. The zero-order valence-corrected chi connectivity index (χ0v) is 9.56. The normalized spacial score (nSPS) is 12.5. The Kier molecular flexibility index (Phi) is 8.37. The highest BCUT2D eigenvalue weighted by atomic mass is 35.5. The molecule has 80 valence electrons. The number of hydrogen-bond acceptors (Lipinski definition) is 3. The summed E-state index contributed by atoms with van der Waals surface area (Å²) in [5, 5.41) is 0. The van der Waals surface area contributed by atoms with Crippen molar-refractivity contribution in [3.8, 4) is 0 Å². The monoisotopic (exact) mass is 209 g/mol. The van der Waals surface area contributed by atoms with E-state index < -0.39 is 0 Å². The number of nitrogens with two attached hydrogens (primary N) is 1. The second kappa shape index (κ2) is 7.15. The van der Waals surface area contributed by atoms with E-state index in [-0.39, 0.29) is 30.5 Å². The van der Waals surface area contributed by atoms with E-state index >= 15 is 0 Å². The fourth-order valence-electron chi connectivity index (χ4n) is 0.739. The SMILES string of the molecule is CC(C)OC(=O)C[C@H](N)C(C)C.Cl. The lowest BCUT2D eigenvalue weighted by Gasteiger charge is -2.15. The molecule has 0 aliphatic rings. The summed E-state index contributed by atoms with van der Waals surface area (Å²) in [5.41, 5.74) is 5.69. The van der Waals surface area contributed by atoms with Gasteiger partial charge < -0.3 is 10.5 Å². The lowest BCUT2D eigenvalue weighted by atomic mass is 10.0. The molecule has 0 spiro atoms. The third-order valence-corrected chi connectivity index (χ3v) is 1.63. The van der Waals surface area contributed by atoms with Crippen molar-refractivity contribution in [3.63, 3.8) is 0 Å². The Labute approximate surface area is 86.4 Å². The standard InChI is InChI=1S/C9H19NO2.ClH/c1-6(2)8(10)5-9(11)12-7(3)4;/h6-8H,5,10H2,1-4H3;1H/t8-;/m0./s1.